The van der Waals surface area contributed by atoms with Gasteiger partial charge >= 0.3 is 0 Å². The van der Waals surface area contributed by atoms with E-state index in [1.54, 1.807) is 35.6 Å². The van der Waals surface area contributed by atoms with Gasteiger partial charge in [0.2, 0.25) is 0 Å². The predicted octanol–water partition coefficient (Wildman–Crippen LogP) is 5.33. The Bertz CT molecular complexity index is 1260. The van der Waals surface area contributed by atoms with Crippen LogP contribution in [0.15, 0.2) is 78.9 Å². The number of hydrogen-bond donors (Lipinski definition) is 1. The molecular weight excluding hydrogens is 446 g/mol. The summed E-state index contributed by atoms with van der Waals surface area (Å²) in [6, 6.07) is 24.4. The van der Waals surface area contributed by atoms with Gasteiger partial charge in [-0.1, -0.05) is 42.5 Å². The van der Waals surface area contributed by atoms with Crippen LogP contribution in [0.1, 0.15) is 34.1 Å². The van der Waals surface area contributed by atoms with Crippen molar-refractivity contribution in [2.24, 2.45) is 0 Å². The average Bonchev–Trinajstić information content (AvgIpc) is 3.32. The number of rotatable bonds is 6. The van der Waals surface area contributed by atoms with Crippen LogP contribution in [0.5, 0.6) is 5.75 Å². The van der Waals surface area contributed by atoms with Crippen LogP contribution in [0.2, 0.25) is 0 Å². The first kappa shape index (κ1) is 22.1. The molecule has 0 bridgehead atoms. The van der Waals surface area contributed by atoms with Crippen molar-refractivity contribution in [3.8, 4) is 5.75 Å². The first-order chi connectivity index (χ1) is 16.7. The molecule has 172 valence electrons. The zero-order valence-electron chi connectivity index (χ0n) is 18.6. The van der Waals surface area contributed by atoms with Gasteiger partial charge in [0, 0.05) is 24.7 Å². The van der Waals surface area contributed by atoms with Crippen LogP contribution in [0.4, 0.5) is 5.69 Å². The second-order valence-electron chi connectivity index (χ2n) is 8.28. The standard InChI is InChI=1S/C27H25N3O3S/c31-25(30-16-14-19(15-17-30)27-29-22-11-5-7-13-24(22)34-27)18-33-23-12-6-4-10-21(23)26(32)28-20-8-2-1-3-9-20/h1-13,19H,14-18H2,(H,28,32). The van der Waals surface area contributed by atoms with E-state index in [0.29, 0.717) is 36.0 Å². The number of aromatic nitrogens is 1. The average molecular weight is 472 g/mol. The van der Waals surface area contributed by atoms with Crippen molar-refractivity contribution in [2.45, 2.75) is 18.8 Å². The van der Waals surface area contributed by atoms with Crippen molar-refractivity contribution in [3.05, 3.63) is 89.4 Å². The number of piperidine rings is 1. The van der Waals surface area contributed by atoms with E-state index < -0.39 is 0 Å². The number of nitrogens with one attached hydrogen (secondary N) is 1. The molecule has 0 saturated carbocycles. The van der Waals surface area contributed by atoms with Crippen LogP contribution in [0.25, 0.3) is 10.2 Å². The fraction of sp³-hybridized carbons (Fsp3) is 0.222. The van der Waals surface area contributed by atoms with Crippen LogP contribution in [-0.2, 0) is 4.79 Å². The van der Waals surface area contributed by atoms with Crippen LogP contribution in [0, 0.1) is 0 Å². The lowest BCUT2D eigenvalue weighted by molar-refractivity contribution is -0.134. The number of fused-ring (bicyclic) bond motifs is 1. The third-order valence-corrected chi connectivity index (χ3v) is 7.22. The van der Waals surface area contributed by atoms with Crippen LogP contribution in [-0.4, -0.2) is 41.4 Å². The fourth-order valence-electron chi connectivity index (χ4n) is 4.17. The topological polar surface area (TPSA) is 71.5 Å². The van der Waals surface area contributed by atoms with Crippen LogP contribution in [0.3, 0.4) is 0 Å². The highest BCUT2D eigenvalue weighted by molar-refractivity contribution is 7.18. The van der Waals surface area contributed by atoms with E-state index in [-0.39, 0.29) is 18.4 Å². The van der Waals surface area contributed by atoms with Gasteiger partial charge in [0.25, 0.3) is 11.8 Å². The first-order valence-corrected chi connectivity index (χ1v) is 12.2. The van der Waals surface area contributed by atoms with E-state index in [1.165, 1.54) is 4.70 Å². The summed E-state index contributed by atoms with van der Waals surface area (Å²) in [5.41, 5.74) is 2.15. The Morgan fingerprint density at radius 3 is 2.44 bits per heavy atom. The number of amides is 2. The highest BCUT2D eigenvalue weighted by Crippen LogP contribution is 2.33. The fourth-order valence-corrected chi connectivity index (χ4v) is 5.31. The predicted molar refractivity (Wildman–Crippen MR) is 135 cm³/mol. The molecule has 0 radical (unpaired) electrons. The van der Waals surface area contributed by atoms with Gasteiger partial charge in [-0.2, -0.15) is 0 Å². The Hall–Kier alpha value is -3.71. The summed E-state index contributed by atoms with van der Waals surface area (Å²) in [5.74, 6) is 0.435. The zero-order chi connectivity index (χ0) is 23.3. The monoisotopic (exact) mass is 471 g/mol. The quantitative estimate of drug-likeness (QED) is 0.412. The number of ether oxygens (including phenoxy) is 1. The Kier molecular flexibility index (Phi) is 6.53. The highest BCUT2D eigenvalue weighted by Gasteiger charge is 2.26. The summed E-state index contributed by atoms with van der Waals surface area (Å²) >= 11 is 1.75. The Labute approximate surface area is 202 Å². The molecule has 1 aromatic heterocycles. The van der Waals surface area contributed by atoms with Crippen molar-refractivity contribution >= 4 is 39.1 Å². The second kappa shape index (κ2) is 10.1. The van der Waals surface area contributed by atoms with Crippen molar-refractivity contribution in [3.63, 3.8) is 0 Å². The maximum Gasteiger partial charge on any atom is 0.260 e. The zero-order valence-corrected chi connectivity index (χ0v) is 19.5. The van der Waals surface area contributed by atoms with Crippen molar-refractivity contribution < 1.29 is 14.3 Å². The number of carbonyl (C=O) groups excluding carboxylic acids is 2. The summed E-state index contributed by atoms with van der Waals surface area (Å²) in [4.78, 5) is 32.2. The minimum absolute atomic E-state index is 0.0685. The van der Waals surface area contributed by atoms with Crippen molar-refractivity contribution in [1.82, 2.24) is 9.88 Å². The Morgan fingerprint density at radius 1 is 0.941 bits per heavy atom. The lowest BCUT2D eigenvalue weighted by Crippen LogP contribution is -2.40. The molecule has 4 aromatic rings. The van der Waals surface area contributed by atoms with Gasteiger partial charge in [-0.3, -0.25) is 9.59 Å². The molecule has 1 aliphatic rings. The molecule has 7 heteroatoms. The van der Waals surface area contributed by atoms with E-state index in [0.717, 1.165) is 23.4 Å². The largest absolute Gasteiger partial charge is 0.483 e. The van der Waals surface area contributed by atoms with Crippen LogP contribution >= 0.6 is 11.3 Å². The maximum absolute atomic E-state index is 12.8. The molecule has 2 amide bonds. The summed E-state index contributed by atoms with van der Waals surface area (Å²) in [6.45, 7) is 1.26. The lowest BCUT2D eigenvalue weighted by atomic mass is 9.97. The lowest BCUT2D eigenvalue weighted by Gasteiger charge is -2.31. The van der Waals surface area contributed by atoms with E-state index >= 15 is 0 Å². The SMILES string of the molecule is O=C(Nc1ccccc1)c1ccccc1OCC(=O)N1CCC(c2nc3ccccc3s2)CC1. The molecule has 0 unspecified atom stereocenters. The molecule has 5 rings (SSSR count). The molecule has 1 N–H and O–H groups in total. The minimum atomic E-state index is -0.272. The summed E-state index contributed by atoms with van der Waals surface area (Å²) in [6.07, 6.45) is 1.78. The van der Waals surface area contributed by atoms with E-state index in [1.807, 2.05) is 53.4 Å². The number of carbonyl (C=O) groups is 2. The van der Waals surface area contributed by atoms with Crippen molar-refractivity contribution in [2.75, 3.05) is 25.0 Å². The number of para-hydroxylation sites is 3. The van der Waals surface area contributed by atoms with Gasteiger partial charge in [-0.05, 0) is 49.2 Å². The number of nitrogens with zero attached hydrogens (tertiary/aromatic N) is 2. The Balaban J connectivity index is 1.16. The molecule has 0 spiro atoms. The van der Waals surface area contributed by atoms with Gasteiger partial charge in [0.05, 0.1) is 20.8 Å². The van der Waals surface area contributed by atoms with Crippen LogP contribution < -0.4 is 10.1 Å². The number of likely N-dealkylation sites (tertiary alicyclic amines) is 1. The molecular formula is C27H25N3O3S. The third kappa shape index (κ3) is 4.94. The molecule has 1 fully saturated rings. The smallest absolute Gasteiger partial charge is 0.260 e. The molecule has 6 nitrogen and oxygen atoms in total. The molecule has 0 atom stereocenters. The second-order valence-corrected chi connectivity index (χ2v) is 9.34. The van der Waals surface area contributed by atoms with Gasteiger partial charge < -0.3 is 15.0 Å². The molecule has 34 heavy (non-hydrogen) atoms. The highest BCUT2D eigenvalue weighted by atomic mass is 32.1. The maximum atomic E-state index is 12.8. The third-order valence-electron chi connectivity index (χ3n) is 6.02. The van der Waals surface area contributed by atoms with E-state index in [9.17, 15) is 9.59 Å². The molecule has 3 aromatic carbocycles. The molecule has 2 heterocycles. The minimum Gasteiger partial charge on any atom is -0.483 e. The van der Waals surface area contributed by atoms with Gasteiger partial charge in [-0.15, -0.1) is 11.3 Å². The van der Waals surface area contributed by atoms with Gasteiger partial charge in [0.15, 0.2) is 6.61 Å². The molecule has 0 aliphatic carbocycles. The van der Waals surface area contributed by atoms with E-state index in [4.69, 9.17) is 9.72 Å². The number of hydrogen-bond acceptors (Lipinski definition) is 5. The molecule has 1 aliphatic heterocycles. The summed E-state index contributed by atoms with van der Waals surface area (Å²) < 4.78 is 7.01. The summed E-state index contributed by atoms with van der Waals surface area (Å²) in [7, 11) is 0. The van der Waals surface area contributed by atoms with E-state index in [2.05, 4.69) is 11.4 Å². The number of thiazole rings is 1. The Morgan fingerprint density at radius 2 is 1.65 bits per heavy atom. The first-order valence-electron chi connectivity index (χ1n) is 11.4. The van der Waals surface area contributed by atoms with Gasteiger partial charge in [0.1, 0.15) is 5.75 Å². The normalized spacial score (nSPS) is 14.2. The number of benzene rings is 3. The van der Waals surface area contributed by atoms with Crippen molar-refractivity contribution in [1.29, 1.82) is 0 Å². The molecule has 1 saturated heterocycles. The summed E-state index contributed by atoms with van der Waals surface area (Å²) in [5, 5.41) is 4.02. The number of anilines is 1. The van der Waals surface area contributed by atoms with Gasteiger partial charge in [-0.25, -0.2) is 4.98 Å².